The minimum absolute atomic E-state index is 0.138. The minimum Gasteiger partial charge on any atom is -0.370 e. The van der Waals surface area contributed by atoms with Crippen LogP contribution in [-0.4, -0.2) is 33.6 Å². The van der Waals surface area contributed by atoms with E-state index in [-0.39, 0.29) is 13.0 Å². The van der Waals surface area contributed by atoms with Crippen molar-refractivity contribution in [2.24, 2.45) is 5.90 Å². The van der Waals surface area contributed by atoms with Gasteiger partial charge in [0.2, 0.25) is 5.72 Å². The van der Waals surface area contributed by atoms with Gasteiger partial charge in [0.05, 0.1) is 0 Å². The van der Waals surface area contributed by atoms with Gasteiger partial charge in [-0.25, -0.2) is 4.79 Å². The normalized spacial score (nSPS) is 32.3. The molecule has 0 bridgehead atoms. The zero-order valence-electron chi connectivity index (χ0n) is 5.86. The fourth-order valence-electron chi connectivity index (χ4n) is 1.09. The van der Waals surface area contributed by atoms with Crippen molar-refractivity contribution in [3.63, 3.8) is 0 Å². The van der Waals surface area contributed by atoms with Crippen LogP contribution in [0, 0.1) is 0 Å². The SMILES string of the molecule is NOC(=O)C1(O)CCCN1O. The van der Waals surface area contributed by atoms with Gasteiger partial charge in [0, 0.05) is 13.0 Å². The fraction of sp³-hybridized carbons (Fsp3) is 0.800. The lowest BCUT2D eigenvalue weighted by Gasteiger charge is -2.24. The molecule has 64 valence electrons. The summed E-state index contributed by atoms with van der Waals surface area (Å²) in [7, 11) is 0. The lowest BCUT2D eigenvalue weighted by Crippen LogP contribution is -2.50. The molecule has 1 atom stereocenters. The predicted molar refractivity (Wildman–Crippen MR) is 33.0 cm³/mol. The van der Waals surface area contributed by atoms with Gasteiger partial charge in [0.1, 0.15) is 0 Å². The molecule has 1 saturated heterocycles. The van der Waals surface area contributed by atoms with Gasteiger partial charge in [-0.1, -0.05) is 0 Å². The van der Waals surface area contributed by atoms with Gasteiger partial charge in [-0.3, -0.25) is 0 Å². The molecule has 0 saturated carbocycles. The van der Waals surface area contributed by atoms with Crippen LogP contribution >= 0.6 is 0 Å². The van der Waals surface area contributed by atoms with Crippen molar-refractivity contribution in [2.75, 3.05) is 6.54 Å². The maximum absolute atomic E-state index is 10.7. The van der Waals surface area contributed by atoms with Crippen LogP contribution in [0.4, 0.5) is 0 Å². The van der Waals surface area contributed by atoms with Gasteiger partial charge in [0.25, 0.3) is 0 Å². The Hall–Kier alpha value is -0.690. The smallest absolute Gasteiger partial charge is 0.370 e. The molecule has 1 heterocycles. The highest BCUT2D eigenvalue weighted by Gasteiger charge is 2.47. The van der Waals surface area contributed by atoms with Crippen LogP contribution in [0.2, 0.25) is 0 Å². The summed E-state index contributed by atoms with van der Waals surface area (Å²) in [6, 6.07) is 0. The van der Waals surface area contributed by atoms with E-state index in [4.69, 9.17) is 5.21 Å². The van der Waals surface area contributed by atoms with Crippen LogP contribution in [0.3, 0.4) is 0 Å². The summed E-state index contributed by atoms with van der Waals surface area (Å²) < 4.78 is 0. The average molecular weight is 162 g/mol. The first-order valence-electron chi connectivity index (χ1n) is 3.21. The Labute approximate surface area is 63.1 Å². The van der Waals surface area contributed by atoms with Crippen LogP contribution in [0.15, 0.2) is 0 Å². The number of hydrogen-bond acceptors (Lipinski definition) is 6. The second kappa shape index (κ2) is 2.74. The standard InChI is InChI=1S/C5H10N2O4/c6-11-4(8)5(9)2-1-3-7(5)10/h9-10H,1-3,6H2. The molecule has 1 aliphatic heterocycles. The summed E-state index contributed by atoms with van der Waals surface area (Å²) in [6.45, 7) is 0.242. The maximum Gasteiger partial charge on any atom is 0.374 e. The summed E-state index contributed by atoms with van der Waals surface area (Å²) in [5, 5.41) is 18.9. The first-order valence-corrected chi connectivity index (χ1v) is 3.21. The van der Waals surface area contributed by atoms with Gasteiger partial charge in [-0.2, -0.15) is 11.0 Å². The highest BCUT2D eigenvalue weighted by molar-refractivity contribution is 5.78. The number of carbonyl (C=O) groups excluding carboxylic acids is 1. The van der Waals surface area contributed by atoms with E-state index in [0.717, 1.165) is 0 Å². The van der Waals surface area contributed by atoms with E-state index in [1.54, 1.807) is 0 Å². The van der Waals surface area contributed by atoms with Gasteiger partial charge in [-0.15, -0.1) is 0 Å². The molecule has 0 radical (unpaired) electrons. The van der Waals surface area contributed by atoms with Crippen molar-refractivity contribution < 1.29 is 19.9 Å². The summed E-state index contributed by atoms with van der Waals surface area (Å²) in [5.41, 5.74) is -1.94. The molecule has 1 rings (SSSR count). The Bertz CT molecular complexity index is 174. The molecule has 0 amide bonds. The molecule has 0 aromatic carbocycles. The molecule has 1 unspecified atom stereocenters. The molecule has 0 aromatic rings. The Balaban J connectivity index is 2.72. The molecule has 0 aromatic heterocycles. The molecular weight excluding hydrogens is 152 g/mol. The third-order valence-corrected chi connectivity index (χ3v) is 1.76. The molecule has 1 fully saturated rings. The second-order valence-corrected chi connectivity index (χ2v) is 2.45. The van der Waals surface area contributed by atoms with E-state index in [1.807, 2.05) is 0 Å². The maximum atomic E-state index is 10.7. The van der Waals surface area contributed by atoms with E-state index in [0.29, 0.717) is 11.5 Å². The van der Waals surface area contributed by atoms with E-state index in [9.17, 15) is 9.90 Å². The predicted octanol–water partition coefficient (Wildman–Crippen LogP) is -1.42. The number of rotatable bonds is 1. The largest absolute Gasteiger partial charge is 0.374 e. The number of nitrogens with zero attached hydrogens (tertiary/aromatic N) is 1. The Morgan fingerprint density at radius 3 is 2.73 bits per heavy atom. The van der Waals surface area contributed by atoms with Crippen LogP contribution in [-0.2, 0) is 9.63 Å². The van der Waals surface area contributed by atoms with Crippen LogP contribution in [0.1, 0.15) is 12.8 Å². The van der Waals surface area contributed by atoms with Crippen molar-refractivity contribution in [2.45, 2.75) is 18.6 Å². The quantitative estimate of drug-likeness (QED) is 0.409. The molecule has 1 aliphatic rings. The van der Waals surface area contributed by atoms with Crippen LogP contribution in [0.25, 0.3) is 0 Å². The van der Waals surface area contributed by atoms with Crippen LogP contribution in [0.5, 0.6) is 0 Å². The summed E-state index contributed by atoms with van der Waals surface area (Å²) in [5.74, 6) is 3.52. The van der Waals surface area contributed by atoms with Gasteiger partial charge in [-0.05, 0) is 6.42 Å². The van der Waals surface area contributed by atoms with Crippen molar-refractivity contribution in [3.05, 3.63) is 0 Å². The number of aliphatic hydroxyl groups is 1. The molecule has 0 spiro atoms. The number of nitrogens with two attached hydrogens (primary N) is 1. The second-order valence-electron chi connectivity index (χ2n) is 2.45. The molecular formula is C5H10N2O4. The third kappa shape index (κ3) is 1.21. The Morgan fingerprint density at radius 2 is 2.36 bits per heavy atom. The number of carbonyl (C=O) groups is 1. The zero-order valence-corrected chi connectivity index (χ0v) is 5.86. The van der Waals surface area contributed by atoms with E-state index < -0.39 is 11.7 Å². The molecule has 6 heteroatoms. The minimum atomic E-state index is -1.94. The van der Waals surface area contributed by atoms with Gasteiger partial charge < -0.3 is 15.2 Å². The van der Waals surface area contributed by atoms with Crippen molar-refractivity contribution in [1.29, 1.82) is 0 Å². The van der Waals surface area contributed by atoms with Crippen molar-refractivity contribution in [3.8, 4) is 0 Å². The van der Waals surface area contributed by atoms with Crippen molar-refractivity contribution in [1.82, 2.24) is 5.06 Å². The Morgan fingerprint density at radius 1 is 1.73 bits per heavy atom. The lowest BCUT2D eigenvalue weighted by atomic mass is 10.2. The average Bonchev–Trinajstić information content (AvgIpc) is 2.32. The summed E-state index contributed by atoms with van der Waals surface area (Å²) in [6.07, 6.45) is 0.668. The van der Waals surface area contributed by atoms with E-state index in [1.165, 1.54) is 0 Å². The number of hydrogen-bond donors (Lipinski definition) is 3. The highest BCUT2D eigenvalue weighted by Crippen LogP contribution is 2.25. The van der Waals surface area contributed by atoms with Crippen LogP contribution < -0.4 is 5.90 Å². The first-order chi connectivity index (χ1) is 5.11. The Kier molecular flexibility index (Phi) is 2.10. The van der Waals surface area contributed by atoms with Gasteiger partial charge in [0.15, 0.2) is 0 Å². The lowest BCUT2D eigenvalue weighted by molar-refractivity contribution is -0.247. The highest BCUT2D eigenvalue weighted by atomic mass is 16.7. The third-order valence-electron chi connectivity index (χ3n) is 1.76. The van der Waals surface area contributed by atoms with E-state index in [2.05, 4.69) is 10.7 Å². The zero-order chi connectivity index (χ0) is 8.48. The first kappa shape index (κ1) is 8.41. The van der Waals surface area contributed by atoms with Crippen molar-refractivity contribution >= 4 is 5.97 Å². The molecule has 0 aliphatic carbocycles. The monoisotopic (exact) mass is 162 g/mol. The molecule has 6 nitrogen and oxygen atoms in total. The number of hydroxylamine groups is 2. The van der Waals surface area contributed by atoms with E-state index >= 15 is 0 Å². The molecule has 11 heavy (non-hydrogen) atoms. The summed E-state index contributed by atoms with van der Waals surface area (Å²) >= 11 is 0. The van der Waals surface area contributed by atoms with Gasteiger partial charge >= 0.3 is 5.97 Å². The molecule has 4 N–H and O–H groups in total. The fourth-order valence-corrected chi connectivity index (χ4v) is 1.09. The summed E-state index contributed by atoms with van der Waals surface area (Å²) in [4.78, 5) is 14.6. The topological polar surface area (TPSA) is 96.0 Å².